The lowest BCUT2D eigenvalue weighted by atomic mass is 10.1. The number of nitro benzene ring substituents is 1. The molecule has 0 atom stereocenters. The van der Waals surface area contributed by atoms with Gasteiger partial charge in [-0.1, -0.05) is 23.9 Å². The fraction of sp³-hybridized carbons (Fsp3) is 0.154. The molecule has 20 heavy (non-hydrogen) atoms. The monoisotopic (exact) mass is 293 g/mol. The molecule has 1 aromatic carbocycles. The van der Waals surface area contributed by atoms with Gasteiger partial charge in [0, 0.05) is 17.4 Å². The molecule has 7 heteroatoms. The molecule has 2 aromatic rings. The van der Waals surface area contributed by atoms with Crippen molar-refractivity contribution < 1.29 is 19.2 Å². The minimum Gasteiger partial charge on any atom is -0.475 e. The third kappa shape index (κ3) is 3.00. The number of rotatable bonds is 5. The Kier molecular flexibility index (Phi) is 4.09. The average molecular weight is 293 g/mol. The summed E-state index contributed by atoms with van der Waals surface area (Å²) in [6.45, 7) is 1.69. The first-order valence-electron chi connectivity index (χ1n) is 5.68. The molecule has 1 aromatic heterocycles. The van der Waals surface area contributed by atoms with Gasteiger partial charge < -0.3 is 9.52 Å². The molecule has 0 aliphatic heterocycles. The minimum atomic E-state index is -1.12. The normalized spacial score (nSPS) is 10.4. The number of nitro groups is 1. The Hall–Kier alpha value is -2.28. The van der Waals surface area contributed by atoms with Crippen molar-refractivity contribution in [3.8, 4) is 0 Å². The van der Waals surface area contributed by atoms with Gasteiger partial charge >= 0.3 is 5.97 Å². The van der Waals surface area contributed by atoms with E-state index in [0.717, 1.165) is 5.56 Å². The van der Waals surface area contributed by atoms with E-state index in [9.17, 15) is 14.9 Å². The van der Waals surface area contributed by atoms with Crippen LogP contribution in [0.3, 0.4) is 0 Å². The molecule has 0 unspecified atom stereocenters. The number of aromatic carboxylic acids is 1. The molecule has 0 amide bonds. The lowest BCUT2D eigenvalue weighted by Gasteiger charge is -2.04. The van der Waals surface area contributed by atoms with Crippen molar-refractivity contribution in [1.82, 2.24) is 0 Å². The summed E-state index contributed by atoms with van der Waals surface area (Å²) in [5.74, 6) is -0.772. The van der Waals surface area contributed by atoms with Gasteiger partial charge in [-0.05, 0) is 24.6 Å². The van der Waals surface area contributed by atoms with Crippen molar-refractivity contribution in [1.29, 1.82) is 0 Å². The predicted molar refractivity (Wildman–Crippen MR) is 73.1 cm³/mol. The molecule has 0 saturated heterocycles. The Morgan fingerprint density at radius 1 is 1.40 bits per heavy atom. The fourth-order valence-electron chi connectivity index (χ4n) is 1.69. The van der Waals surface area contributed by atoms with Crippen molar-refractivity contribution in [2.24, 2.45) is 0 Å². The van der Waals surface area contributed by atoms with E-state index < -0.39 is 10.9 Å². The number of benzene rings is 1. The zero-order chi connectivity index (χ0) is 14.7. The number of carbonyl (C=O) groups is 1. The van der Waals surface area contributed by atoms with Crippen molar-refractivity contribution in [3.63, 3.8) is 0 Å². The van der Waals surface area contributed by atoms with Crippen LogP contribution in [-0.2, 0) is 5.75 Å². The van der Waals surface area contributed by atoms with Crippen LogP contribution in [0.4, 0.5) is 5.69 Å². The van der Waals surface area contributed by atoms with Gasteiger partial charge in [0.25, 0.3) is 5.69 Å². The number of hydrogen-bond donors (Lipinski definition) is 1. The quantitative estimate of drug-likeness (QED) is 0.515. The summed E-state index contributed by atoms with van der Waals surface area (Å²) in [4.78, 5) is 21.1. The first kappa shape index (κ1) is 14.1. The van der Waals surface area contributed by atoms with Gasteiger partial charge in [-0.2, -0.15) is 0 Å². The summed E-state index contributed by atoms with van der Waals surface area (Å²) in [6, 6.07) is 7.84. The van der Waals surface area contributed by atoms with E-state index in [1.54, 1.807) is 25.1 Å². The van der Waals surface area contributed by atoms with Gasteiger partial charge in [-0.15, -0.1) is 0 Å². The van der Waals surface area contributed by atoms with Crippen molar-refractivity contribution in [2.45, 2.75) is 17.8 Å². The van der Waals surface area contributed by atoms with Gasteiger partial charge in [-0.25, -0.2) is 4.79 Å². The number of nitrogens with zero attached hydrogens (tertiary/aromatic N) is 1. The standard InChI is InChI=1S/C13H11NO5S/c1-8-9(3-2-4-10(8)14(17)18)7-20-12-6-5-11(19-12)13(15)16/h2-6H,7H2,1H3,(H,15,16). The van der Waals surface area contributed by atoms with Gasteiger partial charge in [0.05, 0.1) is 4.92 Å². The molecule has 1 heterocycles. The van der Waals surface area contributed by atoms with E-state index in [-0.39, 0.29) is 11.4 Å². The largest absolute Gasteiger partial charge is 0.475 e. The molecular weight excluding hydrogens is 282 g/mol. The van der Waals surface area contributed by atoms with E-state index in [1.165, 1.54) is 23.9 Å². The maximum absolute atomic E-state index is 10.8. The highest BCUT2D eigenvalue weighted by Gasteiger charge is 2.14. The summed E-state index contributed by atoms with van der Waals surface area (Å²) in [5.41, 5.74) is 1.50. The first-order valence-corrected chi connectivity index (χ1v) is 6.66. The number of furan rings is 1. The van der Waals surface area contributed by atoms with Crippen LogP contribution in [-0.4, -0.2) is 16.0 Å². The van der Waals surface area contributed by atoms with Crippen LogP contribution in [0, 0.1) is 17.0 Å². The van der Waals surface area contributed by atoms with E-state index in [1.807, 2.05) is 0 Å². The second-order valence-corrected chi connectivity index (χ2v) is 5.01. The molecule has 0 aliphatic carbocycles. The molecule has 104 valence electrons. The molecule has 0 bridgehead atoms. The lowest BCUT2D eigenvalue weighted by molar-refractivity contribution is -0.385. The highest BCUT2D eigenvalue weighted by Crippen LogP contribution is 2.29. The van der Waals surface area contributed by atoms with Crippen molar-refractivity contribution in [3.05, 3.63) is 57.3 Å². The minimum absolute atomic E-state index is 0.0776. The third-order valence-electron chi connectivity index (χ3n) is 2.78. The Morgan fingerprint density at radius 2 is 2.15 bits per heavy atom. The molecule has 6 nitrogen and oxygen atoms in total. The molecular formula is C13H11NO5S. The molecule has 2 rings (SSSR count). The second-order valence-electron chi connectivity index (χ2n) is 4.03. The Bertz CT molecular complexity index is 665. The number of carboxylic acid groups (broad SMARTS) is 1. The summed E-state index contributed by atoms with van der Waals surface area (Å²) < 4.78 is 5.11. The Labute approximate surface area is 118 Å². The third-order valence-corrected chi connectivity index (χ3v) is 3.74. The van der Waals surface area contributed by atoms with Crippen LogP contribution in [0.25, 0.3) is 0 Å². The molecule has 0 fully saturated rings. The molecule has 0 aliphatic rings. The van der Waals surface area contributed by atoms with Crippen LogP contribution in [0.5, 0.6) is 0 Å². The Balaban J connectivity index is 2.12. The summed E-state index contributed by atoms with van der Waals surface area (Å²) in [5, 5.41) is 20.1. The molecule has 1 N–H and O–H groups in total. The molecule has 0 saturated carbocycles. The van der Waals surface area contributed by atoms with Crippen LogP contribution in [0.1, 0.15) is 21.7 Å². The van der Waals surface area contributed by atoms with Crippen molar-refractivity contribution >= 4 is 23.4 Å². The zero-order valence-corrected chi connectivity index (χ0v) is 11.3. The molecule has 0 radical (unpaired) electrons. The average Bonchev–Trinajstić information content (AvgIpc) is 2.86. The number of carboxylic acids is 1. The van der Waals surface area contributed by atoms with E-state index >= 15 is 0 Å². The fourth-order valence-corrected chi connectivity index (χ4v) is 2.61. The topological polar surface area (TPSA) is 93.6 Å². The first-order chi connectivity index (χ1) is 9.49. The number of thioether (sulfide) groups is 1. The predicted octanol–water partition coefficient (Wildman–Crippen LogP) is 3.49. The SMILES string of the molecule is Cc1c(CSc2ccc(C(=O)O)o2)cccc1[N+](=O)[O-]. The summed E-state index contributed by atoms with van der Waals surface area (Å²) >= 11 is 1.29. The van der Waals surface area contributed by atoms with E-state index in [0.29, 0.717) is 16.4 Å². The van der Waals surface area contributed by atoms with Crippen LogP contribution >= 0.6 is 11.8 Å². The van der Waals surface area contributed by atoms with Gasteiger partial charge in [0.15, 0.2) is 5.09 Å². The smallest absolute Gasteiger partial charge is 0.371 e. The number of hydrogen-bond acceptors (Lipinski definition) is 5. The van der Waals surface area contributed by atoms with Gasteiger partial charge in [0.1, 0.15) is 0 Å². The second kappa shape index (κ2) is 5.79. The highest BCUT2D eigenvalue weighted by molar-refractivity contribution is 7.98. The van der Waals surface area contributed by atoms with Crippen LogP contribution < -0.4 is 0 Å². The van der Waals surface area contributed by atoms with Crippen LogP contribution in [0.15, 0.2) is 39.8 Å². The van der Waals surface area contributed by atoms with Crippen LogP contribution in [0.2, 0.25) is 0 Å². The summed E-state index contributed by atoms with van der Waals surface area (Å²) in [6.07, 6.45) is 0. The highest BCUT2D eigenvalue weighted by atomic mass is 32.2. The maximum Gasteiger partial charge on any atom is 0.371 e. The lowest BCUT2D eigenvalue weighted by Crippen LogP contribution is -1.95. The molecule has 0 spiro atoms. The zero-order valence-electron chi connectivity index (χ0n) is 10.5. The van der Waals surface area contributed by atoms with Gasteiger partial charge in [-0.3, -0.25) is 10.1 Å². The van der Waals surface area contributed by atoms with E-state index in [2.05, 4.69) is 0 Å². The van der Waals surface area contributed by atoms with Gasteiger partial charge in [0.2, 0.25) is 5.76 Å². The Morgan fingerprint density at radius 3 is 2.75 bits per heavy atom. The summed E-state index contributed by atoms with van der Waals surface area (Å²) in [7, 11) is 0. The van der Waals surface area contributed by atoms with E-state index in [4.69, 9.17) is 9.52 Å². The maximum atomic E-state index is 10.8. The van der Waals surface area contributed by atoms with Crippen molar-refractivity contribution in [2.75, 3.05) is 0 Å².